The molecule has 0 aromatic carbocycles. The van der Waals surface area contributed by atoms with Gasteiger partial charge in [0.25, 0.3) is 0 Å². The first-order valence-electron chi connectivity index (χ1n) is 5.32. The van der Waals surface area contributed by atoms with E-state index in [9.17, 15) is 8.78 Å². The van der Waals surface area contributed by atoms with Gasteiger partial charge in [-0.2, -0.15) is 0 Å². The van der Waals surface area contributed by atoms with E-state index >= 15 is 0 Å². The Morgan fingerprint density at radius 1 is 1.31 bits per heavy atom. The summed E-state index contributed by atoms with van der Waals surface area (Å²) >= 11 is 5.74. The summed E-state index contributed by atoms with van der Waals surface area (Å²) in [5.41, 5.74) is 0. The second kappa shape index (κ2) is 4.53. The van der Waals surface area contributed by atoms with Gasteiger partial charge >= 0.3 is 0 Å². The van der Waals surface area contributed by atoms with E-state index in [0.717, 1.165) is 0 Å². The van der Waals surface area contributed by atoms with Crippen molar-refractivity contribution in [2.75, 3.05) is 5.32 Å². The van der Waals surface area contributed by atoms with Crippen molar-refractivity contribution < 1.29 is 8.78 Å². The molecule has 2 rings (SSSR count). The Morgan fingerprint density at radius 3 is 2.62 bits per heavy atom. The quantitative estimate of drug-likeness (QED) is 0.805. The van der Waals surface area contributed by atoms with Crippen molar-refractivity contribution in [2.45, 2.75) is 37.6 Å². The molecule has 2 nitrogen and oxygen atoms in total. The minimum atomic E-state index is -2.49. The summed E-state index contributed by atoms with van der Waals surface area (Å²) in [5.74, 6) is -1.83. The Morgan fingerprint density at radius 2 is 2.00 bits per heavy atom. The van der Waals surface area contributed by atoms with E-state index in [1.807, 2.05) is 0 Å². The summed E-state index contributed by atoms with van der Waals surface area (Å²) in [7, 11) is 0. The predicted octanol–water partition coefficient (Wildman–Crippen LogP) is 3.72. The van der Waals surface area contributed by atoms with Crippen LogP contribution >= 0.6 is 11.6 Å². The molecule has 0 bridgehead atoms. The average Bonchev–Trinajstić information content (AvgIpc) is 2.21. The fourth-order valence-corrected chi connectivity index (χ4v) is 2.05. The third-order valence-corrected chi connectivity index (χ3v) is 2.99. The first-order valence-corrected chi connectivity index (χ1v) is 5.70. The van der Waals surface area contributed by atoms with Crippen LogP contribution in [0.5, 0.6) is 0 Å². The van der Waals surface area contributed by atoms with Gasteiger partial charge in [-0.15, -0.1) is 0 Å². The van der Waals surface area contributed by atoms with Crippen LogP contribution in [-0.4, -0.2) is 16.9 Å². The third kappa shape index (κ3) is 3.04. The Bertz CT molecular complexity index is 361. The highest BCUT2D eigenvalue weighted by molar-refractivity contribution is 6.29. The van der Waals surface area contributed by atoms with E-state index < -0.39 is 5.92 Å². The fraction of sp³-hybridized carbons (Fsp3) is 0.545. The van der Waals surface area contributed by atoms with E-state index in [4.69, 9.17) is 11.6 Å². The average molecular weight is 247 g/mol. The summed E-state index contributed by atoms with van der Waals surface area (Å²) in [6.07, 6.45) is 0.846. The number of hydrogen-bond acceptors (Lipinski definition) is 2. The van der Waals surface area contributed by atoms with E-state index in [0.29, 0.717) is 23.8 Å². The van der Waals surface area contributed by atoms with Gasteiger partial charge in [-0.05, 0) is 25.0 Å². The van der Waals surface area contributed by atoms with Gasteiger partial charge in [0.05, 0.1) is 0 Å². The summed E-state index contributed by atoms with van der Waals surface area (Å²) in [6.45, 7) is 0. The van der Waals surface area contributed by atoms with Gasteiger partial charge < -0.3 is 5.32 Å². The number of aromatic nitrogens is 1. The Balaban J connectivity index is 1.92. The van der Waals surface area contributed by atoms with Crippen molar-refractivity contribution >= 4 is 17.4 Å². The smallest absolute Gasteiger partial charge is 0.248 e. The molecule has 88 valence electrons. The monoisotopic (exact) mass is 246 g/mol. The summed E-state index contributed by atoms with van der Waals surface area (Å²) in [4.78, 5) is 4.07. The molecule has 1 aliphatic rings. The Kier molecular flexibility index (Phi) is 3.28. The molecule has 0 aliphatic heterocycles. The molecule has 1 heterocycles. The molecule has 0 unspecified atom stereocenters. The highest BCUT2D eigenvalue weighted by atomic mass is 35.5. The molecule has 5 heteroatoms. The highest BCUT2D eigenvalue weighted by Gasteiger charge is 2.34. The molecular weight excluding hydrogens is 234 g/mol. The molecule has 0 saturated heterocycles. The topological polar surface area (TPSA) is 24.9 Å². The van der Waals surface area contributed by atoms with E-state index in [1.165, 1.54) is 0 Å². The number of halogens is 3. The second-order valence-electron chi connectivity index (χ2n) is 4.12. The third-order valence-electron chi connectivity index (χ3n) is 2.78. The lowest BCUT2D eigenvalue weighted by Gasteiger charge is -2.29. The minimum absolute atomic E-state index is 0.0504. The summed E-state index contributed by atoms with van der Waals surface area (Å²) < 4.78 is 25.8. The standard InChI is InChI=1S/C11H13ClF2N2/c12-9-2-1-3-10(16-9)15-8-4-6-11(13,14)7-5-8/h1-3,8H,4-7H2,(H,15,16). The van der Waals surface area contributed by atoms with Crippen molar-refractivity contribution in [3.63, 3.8) is 0 Å². The molecule has 0 amide bonds. The van der Waals surface area contributed by atoms with Gasteiger partial charge in [-0.3, -0.25) is 0 Å². The maximum absolute atomic E-state index is 12.9. The highest BCUT2D eigenvalue weighted by Crippen LogP contribution is 2.34. The van der Waals surface area contributed by atoms with Crippen LogP contribution in [0.25, 0.3) is 0 Å². The maximum Gasteiger partial charge on any atom is 0.248 e. The lowest BCUT2D eigenvalue weighted by atomic mass is 9.92. The predicted molar refractivity (Wildman–Crippen MR) is 60.1 cm³/mol. The van der Waals surface area contributed by atoms with Crippen LogP contribution in [0.1, 0.15) is 25.7 Å². The van der Waals surface area contributed by atoms with E-state index in [-0.39, 0.29) is 18.9 Å². The summed E-state index contributed by atoms with van der Waals surface area (Å²) in [5, 5.41) is 3.54. The minimum Gasteiger partial charge on any atom is -0.367 e. The largest absolute Gasteiger partial charge is 0.367 e. The zero-order valence-corrected chi connectivity index (χ0v) is 9.47. The van der Waals surface area contributed by atoms with Gasteiger partial charge in [0, 0.05) is 18.9 Å². The molecular formula is C11H13ClF2N2. The van der Waals surface area contributed by atoms with Crippen LogP contribution in [0.2, 0.25) is 5.15 Å². The molecule has 1 saturated carbocycles. The number of nitrogens with zero attached hydrogens (tertiary/aromatic N) is 1. The van der Waals surface area contributed by atoms with Crippen LogP contribution in [-0.2, 0) is 0 Å². The number of nitrogens with one attached hydrogen (secondary N) is 1. The zero-order chi connectivity index (χ0) is 11.6. The van der Waals surface area contributed by atoms with Gasteiger partial charge in [0.2, 0.25) is 5.92 Å². The fourth-order valence-electron chi connectivity index (χ4n) is 1.88. The second-order valence-corrected chi connectivity index (χ2v) is 4.51. The first kappa shape index (κ1) is 11.6. The van der Waals surface area contributed by atoms with Crippen LogP contribution in [0.15, 0.2) is 18.2 Å². The molecule has 1 fully saturated rings. The van der Waals surface area contributed by atoms with Gasteiger partial charge in [-0.1, -0.05) is 17.7 Å². The van der Waals surface area contributed by atoms with Crippen LogP contribution in [0.3, 0.4) is 0 Å². The maximum atomic E-state index is 12.9. The molecule has 1 aliphatic carbocycles. The van der Waals surface area contributed by atoms with Crippen molar-refractivity contribution in [3.05, 3.63) is 23.4 Å². The van der Waals surface area contributed by atoms with Crippen molar-refractivity contribution in [3.8, 4) is 0 Å². The summed E-state index contributed by atoms with van der Waals surface area (Å²) in [6, 6.07) is 5.33. The van der Waals surface area contributed by atoms with Gasteiger partial charge in [0.15, 0.2) is 0 Å². The Labute approximate surface area is 98.0 Å². The SMILES string of the molecule is FC1(F)CCC(Nc2cccc(Cl)n2)CC1. The first-order chi connectivity index (χ1) is 7.55. The van der Waals surface area contributed by atoms with Crippen LogP contribution < -0.4 is 5.32 Å². The normalized spacial score (nSPS) is 20.7. The van der Waals surface area contributed by atoms with E-state index in [2.05, 4.69) is 10.3 Å². The number of hydrogen-bond donors (Lipinski definition) is 1. The number of alkyl halides is 2. The van der Waals surface area contributed by atoms with Crippen molar-refractivity contribution in [1.82, 2.24) is 4.98 Å². The molecule has 0 radical (unpaired) electrons. The number of anilines is 1. The zero-order valence-electron chi connectivity index (χ0n) is 8.72. The number of rotatable bonds is 2. The molecule has 1 aromatic heterocycles. The van der Waals surface area contributed by atoms with Crippen LogP contribution in [0.4, 0.5) is 14.6 Å². The van der Waals surface area contributed by atoms with Crippen LogP contribution in [0, 0.1) is 0 Å². The molecule has 1 aromatic rings. The van der Waals surface area contributed by atoms with Crippen molar-refractivity contribution in [1.29, 1.82) is 0 Å². The van der Waals surface area contributed by atoms with Gasteiger partial charge in [-0.25, -0.2) is 13.8 Å². The molecule has 0 spiro atoms. The van der Waals surface area contributed by atoms with Gasteiger partial charge in [0.1, 0.15) is 11.0 Å². The molecule has 0 atom stereocenters. The van der Waals surface area contributed by atoms with Crippen molar-refractivity contribution in [2.24, 2.45) is 0 Å². The molecule has 16 heavy (non-hydrogen) atoms. The number of pyridine rings is 1. The lowest BCUT2D eigenvalue weighted by Crippen LogP contribution is -2.32. The van der Waals surface area contributed by atoms with E-state index in [1.54, 1.807) is 18.2 Å². The Hall–Kier alpha value is -0.900. The molecule has 1 N–H and O–H groups in total. The lowest BCUT2D eigenvalue weighted by molar-refractivity contribution is -0.0361.